The van der Waals surface area contributed by atoms with E-state index >= 15 is 0 Å². The van der Waals surface area contributed by atoms with Crippen LogP contribution in [0.3, 0.4) is 0 Å². The van der Waals surface area contributed by atoms with Crippen molar-refractivity contribution in [2.24, 2.45) is 0 Å². The molecule has 9 heteroatoms. The highest BCUT2D eigenvalue weighted by atomic mass is 79.9. The van der Waals surface area contributed by atoms with E-state index in [1.54, 1.807) is 11.7 Å². The number of nitrogens with one attached hydrogen (secondary N) is 1. The van der Waals surface area contributed by atoms with Gasteiger partial charge in [0.05, 0.1) is 16.0 Å². The number of carboxylic acid groups (broad SMARTS) is 1. The summed E-state index contributed by atoms with van der Waals surface area (Å²) in [5, 5.41) is 8.98. The first-order valence-corrected chi connectivity index (χ1v) is 8.45. The van der Waals surface area contributed by atoms with Gasteiger partial charge in [0.2, 0.25) is 10.0 Å². The molecule has 0 fully saturated rings. The van der Waals surface area contributed by atoms with Crippen molar-refractivity contribution in [3.8, 4) is 0 Å². The van der Waals surface area contributed by atoms with E-state index in [9.17, 15) is 13.2 Å². The number of sulfonamides is 1. The third-order valence-electron chi connectivity index (χ3n) is 2.40. The molecule has 6 nitrogen and oxygen atoms in total. The minimum Gasteiger partial charge on any atom is -0.478 e. The molecule has 106 valence electrons. The van der Waals surface area contributed by atoms with Crippen LogP contribution < -0.4 is 4.72 Å². The fourth-order valence-electron chi connectivity index (χ4n) is 1.41. The number of carbonyl (C=O) groups is 1. The van der Waals surface area contributed by atoms with E-state index in [2.05, 4.69) is 25.6 Å². The van der Waals surface area contributed by atoms with Crippen molar-refractivity contribution in [2.45, 2.75) is 11.4 Å². The second-order valence-corrected chi connectivity index (χ2v) is 7.33. The summed E-state index contributed by atoms with van der Waals surface area (Å²) in [4.78, 5) is 15.5. The third kappa shape index (κ3) is 3.42. The summed E-state index contributed by atoms with van der Waals surface area (Å²) >= 11 is 4.40. The number of halogens is 1. The average Bonchev–Trinajstić information content (AvgIpc) is 2.89. The van der Waals surface area contributed by atoms with Crippen LogP contribution in [-0.4, -0.2) is 24.5 Å². The fourth-order valence-corrected chi connectivity index (χ4v) is 3.49. The zero-order chi connectivity index (χ0) is 14.8. The molecule has 0 saturated carbocycles. The Hall–Kier alpha value is -1.29. The van der Waals surface area contributed by atoms with Crippen molar-refractivity contribution in [1.82, 2.24) is 9.71 Å². The summed E-state index contributed by atoms with van der Waals surface area (Å²) in [6.45, 7) is 0.117. The number of hydrogen-bond acceptors (Lipinski definition) is 5. The van der Waals surface area contributed by atoms with Gasteiger partial charge in [0, 0.05) is 22.1 Å². The van der Waals surface area contributed by atoms with Crippen LogP contribution in [0.25, 0.3) is 0 Å². The quantitative estimate of drug-likeness (QED) is 0.832. The van der Waals surface area contributed by atoms with E-state index < -0.39 is 16.0 Å². The molecule has 0 radical (unpaired) electrons. The molecule has 2 aromatic rings. The second-order valence-electron chi connectivity index (χ2n) is 3.74. The number of aromatic nitrogens is 1. The summed E-state index contributed by atoms with van der Waals surface area (Å²) < 4.78 is 26.9. The summed E-state index contributed by atoms with van der Waals surface area (Å²) in [6.07, 6.45) is 1.57. The predicted octanol–water partition coefficient (Wildman–Crippen LogP) is 2.08. The number of hydrogen-bond donors (Lipinski definition) is 2. The highest BCUT2D eigenvalue weighted by Crippen LogP contribution is 2.21. The van der Waals surface area contributed by atoms with Crippen LogP contribution in [0.15, 0.2) is 39.3 Å². The molecule has 1 aromatic heterocycles. The maximum Gasteiger partial charge on any atom is 0.336 e. The molecule has 1 heterocycles. The van der Waals surface area contributed by atoms with Crippen LogP contribution in [0.5, 0.6) is 0 Å². The third-order valence-corrected chi connectivity index (χ3v) is 5.27. The lowest BCUT2D eigenvalue weighted by molar-refractivity contribution is 0.0695. The van der Waals surface area contributed by atoms with Gasteiger partial charge in [-0.1, -0.05) is 0 Å². The van der Waals surface area contributed by atoms with E-state index in [1.807, 2.05) is 0 Å². The number of rotatable bonds is 5. The van der Waals surface area contributed by atoms with Crippen LogP contribution in [0.1, 0.15) is 15.2 Å². The molecule has 20 heavy (non-hydrogen) atoms. The first kappa shape index (κ1) is 15.1. The largest absolute Gasteiger partial charge is 0.478 e. The molecular formula is C11H9BrN2O4S2. The maximum absolute atomic E-state index is 12.1. The average molecular weight is 377 g/mol. The lowest BCUT2D eigenvalue weighted by Gasteiger charge is -2.07. The molecule has 0 amide bonds. The molecule has 0 aliphatic carbocycles. The van der Waals surface area contributed by atoms with Gasteiger partial charge in [-0.3, -0.25) is 4.98 Å². The van der Waals surface area contributed by atoms with Crippen molar-refractivity contribution in [3.63, 3.8) is 0 Å². The molecular weight excluding hydrogens is 368 g/mol. The highest BCUT2D eigenvalue weighted by molar-refractivity contribution is 9.10. The van der Waals surface area contributed by atoms with Crippen molar-refractivity contribution in [2.75, 3.05) is 0 Å². The SMILES string of the molecule is O=C(O)c1cc(S(=O)(=O)NCc2cncs2)ccc1Br. The molecule has 0 aliphatic heterocycles. The topological polar surface area (TPSA) is 96.4 Å². The molecule has 0 aliphatic rings. The van der Waals surface area contributed by atoms with Crippen LogP contribution in [0.2, 0.25) is 0 Å². The van der Waals surface area contributed by atoms with Crippen LogP contribution in [0.4, 0.5) is 0 Å². The number of thiazole rings is 1. The van der Waals surface area contributed by atoms with Crippen LogP contribution in [-0.2, 0) is 16.6 Å². The van der Waals surface area contributed by atoms with Gasteiger partial charge in [0.25, 0.3) is 0 Å². The first-order chi connectivity index (χ1) is 9.40. The van der Waals surface area contributed by atoms with Gasteiger partial charge < -0.3 is 5.11 Å². The zero-order valence-electron chi connectivity index (χ0n) is 9.91. The van der Waals surface area contributed by atoms with Gasteiger partial charge in [-0.05, 0) is 34.1 Å². The Bertz CT molecular complexity index is 729. The van der Waals surface area contributed by atoms with Gasteiger partial charge in [0.15, 0.2) is 0 Å². The van der Waals surface area contributed by atoms with Gasteiger partial charge in [-0.25, -0.2) is 17.9 Å². The number of carboxylic acids is 1. The summed E-state index contributed by atoms with van der Waals surface area (Å²) in [6, 6.07) is 3.84. The van der Waals surface area contributed by atoms with Crippen molar-refractivity contribution in [3.05, 3.63) is 44.8 Å². The summed E-state index contributed by atoms with van der Waals surface area (Å²) in [5.74, 6) is -1.20. The highest BCUT2D eigenvalue weighted by Gasteiger charge is 2.18. The molecule has 0 unspecified atom stereocenters. The molecule has 2 N–H and O–H groups in total. The minimum atomic E-state index is -3.76. The first-order valence-electron chi connectivity index (χ1n) is 5.30. The minimum absolute atomic E-state index is 0.0948. The second kappa shape index (κ2) is 6.00. The summed E-state index contributed by atoms with van der Waals surface area (Å²) in [5.41, 5.74) is 1.50. The Morgan fingerprint density at radius 2 is 2.20 bits per heavy atom. The number of benzene rings is 1. The van der Waals surface area contributed by atoms with E-state index in [0.29, 0.717) is 4.47 Å². The van der Waals surface area contributed by atoms with Gasteiger partial charge in [-0.15, -0.1) is 11.3 Å². The standard InChI is InChI=1S/C11H9BrN2O4S2/c12-10-2-1-8(3-9(10)11(15)16)20(17,18)14-5-7-4-13-6-19-7/h1-4,6,14H,5H2,(H,15,16). The van der Waals surface area contributed by atoms with Crippen molar-refractivity contribution < 1.29 is 18.3 Å². The van der Waals surface area contributed by atoms with E-state index in [0.717, 1.165) is 10.9 Å². The Morgan fingerprint density at radius 1 is 1.45 bits per heavy atom. The van der Waals surface area contributed by atoms with Gasteiger partial charge in [-0.2, -0.15) is 0 Å². The van der Waals surface area contributed by atoms with Crippen LogP contribution in [0, 0.1) is 0 Å². The fraction of sp³-hybridized carbons (Fsp3) is 0.0909. The Morgan fingerprint density at radius 3 is 2.80 bits per heavy atom. The Balaban J connectivity index is 2.25. The normalized spacial score (nSPS) is 11.4. The molecule has 1 aromatic carbocycles. The van der Waals surface area contributed by atoms with Gasteiger partial charge in [0.1, 0.15) is 0 Å². The van der Waals surface area contributed by atoms with Gasteiger partial charge >= 0.3 is 5.97 Å². The lowest BCUT2D eigenvalue weighted by atomic mass is 10.2. The predicted molar refractivity (Wildman–Crippen MR) is 77.2 cm³/mol. The molecule has 2 rings (SSSR count). The smallest absolute Gasteiger partial charge is 0.336 e. The number of aromatic carboxylic acids is 1. The number of nitrogens with zero attached hydrogens (tertiary/aromatic N) is 1. The monoisotopic (exact) mass is 376 g/mol. The van der Waals surface area contributed by atoms with E-state index in [-0.39, 0.29) is 17.0 Å². The maximum atomic E-state index is 12.1. The van der Waals surface area contributed by atoms with E-state index in [4.69, 9.17) is 5.11 Å². The zero-order valence-corrected chi connectivity index (χ0v) is 13.1. The molecule has 0 spiro atoms. The molecule has 0 atom stereocenters. The molecule has 0 bridgehead atoms. The van der Waals surface area contributed by atoms with Crippen molar-refractivity contribution in [1.29, 1.82) is 0 Å². The molecule has 0 saturated heterocycles. The Kier molecular flexibility index (Phi) is 4.53. The van der Waals surface area contributed by atoms with E-state index in [1.165, 1.54) is 23.5 Å². The van der Waals surface area contributed by atoms with Crippen molar-refractivity contribution >= 4 is 43.3 Å². The lowest BCUT2D eigenvalue weighted by Crippen LogP contribution is -2.23. The Labute approximate surface area is 127 Å². The summed E-state index contributed by atoms with van der Waals surface area (Å²) in [7, 11) is -3.76. The van der Waals surface area contributed by atoms with Crippen LogP contribution >= 0.6 is 27.3 Å².